The quantitative estimate of drug-likeness (QED) is 0.298. The highest BCUT2D eigenvalue weighted by Crippen LogP contribution is 2.65. The van der Waals surface area contributed by atoms with E-state index < -0.39 is 35.1 Å². The van der Waals surface area contributed by atoms with Gasteiger partial charge in [0.15, 0.2) is 0 Å². The molecule has 3 amide bonds. The number of hydrogen-bond acceptors (Lipinski definition) is 5. The van der Waals surface area contributed by atoms with Crippen LogP contribution in [-0.2, 0) is 19.1 Å². The second-order valence-electron chi connectivity index (χ2n) is 12.0. The van der Waals surface area contributed by atoms with E-state index in [2.05, 4.69) is 20.1 Å². The third-order valence-electron chi connectivity index (χ3n) is 9.06. The molecule has 0 aromatic rings. The lowest BCUT2D eigenvalue weighted by molar-refractivity contribution is -0.158. The molecule has 220 valence electrons. The van der Waals surface area contributed by atoms with Gasteiger partial charge in [-0.25, -0.2) is 0 Å². The minimum Gasteiger partial charge on any atom is -0.394 e. The van der Waals surface area contributed by atoms with Gasteiger partial charge in [0, 0.05) is 26.2 Å². The van der Waals surface area contributed by atoms with E-state index in [9.17, 15) is 19.5 Å². The molecule has 2 bridgehead atoms. The van der Waals surface area contributed by atoms with Crippen LogP contribution >= 0.6 is 0 Å². The molecule has 0 radical (unpaired) electrons. The molecule has 1 N–H and O–H groups in total. The van der Waals surface area contributed by atoms with Crippen molar-refractivity contribution in [1.29, 1.82) is 0 Å². The van der Waals surface area contributed by atoms with Crippen molar-refractivity contribution < 1.29 is 24.2 Å². The first-order chi connectivity index (χ1) is 18.6. The second-order valence-corrected chi connectivity index (χ2v) is 12.0. The molecule has 6 atom stereocenters. The van der Waals surface area contributed by atoms with Crippen molar-refractivity contribution in [3.8, 4) is 0 Å². The summed E-state index contributed by atoms with van der Waals surface area (Å²) < 4.78 is 6.94. The first kappa shape index (κ1) is 31.3. The fourth-order valence-corrected chi connectivity index (χ4v) is 7.41. The molecule has 8 heteroatoms. The number of ether oxygens (including phenoxy) is 1. The van der Waals surface area contributed by atoms with Gasteiger partial charge >= 0.3 is 0 Å². The van der Waals surface area contributed by atoms with Crippen LogP contribution in [0.3, 0.4) is 0 Å². The molecular formula is C31H51N3O5. The highest BCUT2D eigenvalue weighted by molar-refractivity contribution is 5.99. The van der Waals surface area contributed by atoms with E-state index in [1.54, 1.807) is 26.9 Å². The largest absolute Gasteiger partial charge is 0.394 e. The zero-order valence-electron chi connectivity index (χ0n) is 24.9. The lowest BCUT2D eigenvalue weighted by Crippen LogP contribution is -2.59. The summed E-state index contributed by atoms with van der Waals surface area (Å²) in [7, 11) is 0. The van der Waals surface area contributed by atoms with Gasteiger partial charge in [-0.05, 0) is 44.4 Å². The van der Waals surface area contributed by atoms with Gasteiger partial charge in [-0.15, -0.1) is 13.2 Å². The number of rotatable bonds is 16. The molecule has 0 aliphatic carbocycles. The van der Waals surface area contributed by atoms with Crippen molar-refractivity contribution in [2.75, 3.05) is 32.8 Å². The number of aliphatic hydroxyl groups is 1. The number of likely N-dealkylation sites (tertiary alicyclic amines) is 1. The van der Waals surface area contributed by atoms with Gasteiger partial charge in [0.2, 0.25) is 17.7 Å². The van der Waals surface area contributed by atoms with Crippen LogP contribution in [0.15, 0.2) is 25.3 Å². The summed E-state index contributed by atoms with van der Waals surface area (Å²) in [4.78, 5) is 48.4. The van der Waals surface area contributed by atoms with E-state index in [1.165, 1.54) is 0 Å². The molecule has 0 saturated carbocycles. The Morgan fingerprint density at radius 3 is 2.23 bits per heavy atom. The van der Waals surface area contributed by atoms with Gasteiger partial charge in [0.1, 0.15) is 11.6 Å². The van der Waals surface area contributed by atoms with E-state index >= 15 is 0 Å². The standard InChI is InChI=1S/C31H51N3O5/c1-8-13-19-33(18-11-4)29(38)26-31-15-14-30(12-5,39-31)24(27(36)32(16-9-2)17-10-3)25(31)28(37)34(26)23(21-35)20-22(6)7/h9,11,22-26,35H,2,4,8,10,12-21H2,1,3,5-7H3/t23-,24-,25+,26?,30+,31?/m1/s1. The Labute approximate surface area is 235 Å². The maximum atomic E-state index is 14.5. The van der Waals surface area contributed by atoms with Gasteiger partial charge in [-0.3, -0.25) is 14.4 Å². The van der Waals surface area contributed by atoms with Gasteiger partial charge < -0.3 is 24.5 Å². The highest BCUT2D eigenvalue weighted by atomic mass is 16.5. The van der Waals surface area contributed by atoms with Crippen molar-refractivity contribution in [1.82, 2.24) is 14.7 Å². The summed E-state index contributed by atoms with van der Waals surface area (Å²) in [6.45, 7) is 19.6. The summed E-state index contributed by atoms with van der Waals surface area (Å²) in [6, 6.07) is -1.41. The Bertz CT molecular complexity index is 922. The molecule has 0 aromatic heterocycles. The zero-order chi connectivity index (χ0) is 29.0. The highest BCUT2D eigenvalue weighted by Gasteiger charge is 2.79. The monoisotopic (exact) mass is 545 g/mol. The Hall–Kier alpha value is -2.19. The molecule has 3 aliphatic rings. The molecule has 2 unspecified atom stereocenters. The fraction of sp³-hybridized carbons (Fsp3) is 0.774. The zero-order valence-corrected chi connectivity index (χ0v) is 24.9. The number of carbonyl (C=O) groups excluding carboxylic acids is 3. The lowest BCUT2D eigenvalue weighted by atomic mass is 9.64. The number of nitrogens with zero attached hydrogens (tertiary/aromatic N) is 3. The first-order valence-corrected chi connectivity index (χ1v) is 15.0. The molecular weight excluding hydrogens is 494 g/mol. The minimum atomic E-state index is -1.09. The summed E-state index contributed by atoms with van der Waals surface area (Å²) in [5.74, 6) is -1.71. The van der Waals surface area contributed by atoms with Crippen LogP contribution in [0, 0.1) is 17.8 Å². The van der Waals surface area contributed by atoms with Crippen molar-refractivity contribution in [3.05, 3.63) is 25.3 Å². The van der Waals surface area contributed by atoms with Crippen molar-refractivity contribution in [2.45, 2.75) is 103 Å². The summed E-state index contributed by atoms with van der Waals surface area (Å²) in [5, 5.41) is 10.5. The molecule has 1 spiro atoms. The van der Waals surface area contributed by atoms with Crippen LogP contribution in [0.25, 0.3) is 0 Å². The Morgan fingerprint density at radius 2 is 1.72 bits per heavy atom. The molecule has 3 aliphatic heterocycles. The van der Waals surface area contributed by atoms with Crippen LogP contribution in [0.2, 0.25) is 0 Å². The van der Waals surface area contributed by atoms with E-state index in [0.29, 0.717) is 51.9 Å². The number of fused-ring (bicyclic) bond motifs is 1. The lowest BCUT2D eigenvalue weighted by Gasteiger charge is -2.40. The predicted molar refractivity (Wildman–Crippen MR) is 153 cm³/mol. The number of aliphatic hydroxyl groups excluding tert-OH is 1. The smallest absolute Gasteiger partial charge is 0.248 e. The van der Waals surface area contributed by atoms with Crippen LogP contribution in [0.4, 0.5) is 0 Å². The van der Waals surface area contributed by atoms with E-state index in [4.69, 9.17) is 4.74 Å². The average molecular weight is 546 g/mol. The number of amides is 3. The second kappa shape index (κ2) is 13.0. The van der Waals surface area contributed by atoms with Gasteiger partial charge in [-0.1, -0.05) is 53.2 Å². The first-order valence-electron chi connectivity index (χ1n) is 15.0. The Kier molecular flexibility index (Phi) is 10.4. The van der Waals surface area contributed by atoms with Crippen molar-refractivity contribution >= 4 is 17.7 Å². The van der Waals surface area contributed by atoms with Crippen molar-refractivity contribution in [2.24, 2.45) is 17.8 Å². The van der Waals surface area contributed by atoms with Crippen LogP contribution in [0.1, 0.15) is 79.6 Å². The molecule has 8 nitrogen and oxygen atoms in total. The van der Waals surface area contributed by atoms with E-state index in [1.807, 2.05) is 27.7 Å². The van der Waals surface area contributed by atoms with E-state index in [0.717, 1.165) is 19.3 Å². The molecule has 3 heterocycles. The summed E-state index contributed by atoms with van der Waals surface area (Å²) in [6.07, 6.45) is 8.30. The molecule has 3 saturated heterocycles. The Balaban J connectivity index is 2.17. The van der Waals surface area contributed by atoms with Crippen LogP contribution < -0.4 is 0 Å². The van der Waals surface area contributed by atoms with E-state index in [-0.39, 0.29) is 30.2 Å². The maximum absolute atomic E-state index is 14.5. The number of hydrogen-bond donors (Lipinski definition) is 1. The van der Waals surface area contributed by atoms with Gasteiger partial charge in [-0.2, -0.15) is 0 Å². The van der Waals surface area contributed by atoms with Crippen LogP contribution in [0.5, 0.6) is 0 Å². The third kappa shape index (κ3) is 5.43. The number of unbranched alkanes of at least 4 members (excludes halogenated alkanes) is 1. The van der Waals surface area contributed by atoms with Gasteiger partial charge in [0.25, 0.3) is 0 Å². The maximum Gasteiger partial charge on any atom is 0.248 e. The predicted octanol–water partition coefficient (Wildman–Crippen LogP) is 3.79. The topological polar surface area (TPSA) is 90.4 Å². The normalized spacial score (nSPS) is 30.0. The van der Waals surface area contributed by atoms with Gasteiger partial charge in [0.05, 0.1) is 30.1 Å². The Morgan fingerprint density at radius 1 is 1.08 bits per heavy atom. The minimum absolute atomic E-state index is 0.0927. The summed E-state index contributed by atoms with van der Waals surface area (Å²) >= 11 is 0. The fourth-order valence-electron chi connectivity index (χ4n) is 7.41. The van der Waals surface area contributed by atoms with Crippen LogP contribution in [-0.4, -0.2) is 93.6 Å². The number of carbonyl (C=O) groups is 3. The molecule has 3 rings (SSSR count). The van der Waals surface area contributed by atoms with Crippen molar-refractivity contribution in [3.63, 3.8) is 0 Å². The summed E-state index contributed by atoms with van der Waals surface area (Å²) in [5.41, 5.74) is -1.87. The molecule has 39 heavy (non-hydrogen) atoms. The molecule has 3 fully saturated rings. The SMILES string of the molecule is C=CCN(CCCC)C(=O)C1N([C@@H](CO)CC(C)C)C(=O)[C@@H]2[C@H](C(=O)N(CC=C)CCC)[C@]3(CC)CCC12O3. The average Bonchev–Trinajstić information content (AvgIpc) is 3.52. The third-order valence-corrected chi connectivity index (χ3v) is 9.06. The molecule has 0 aromatic carbocycles.